The summed E-state index contributed by atoms with van der Waals surface area (Å²) < 4.78 is 0. The van der Waals surface area contributed by atoms with Crippen molar-refractivity contribution in [3.05, 3.63) is 29.8 Å². The van der Waals surface area contributed by atoms with Crippen LogP contribution in [0.15, 0.2) is 24.3 Å². The summed E-state index contributed by atoms with van der Waals surface area (Å²) in [5, 5.41) is 11.5. The number of nitrogens with one attached hydrogen (secondary N) is 1. The molecule has 0 aliphatic rings. The van der Waals surface area contributed by atoms with Gasteiger partial charge in [0.15, 0.2) is 0 Å². The Hall–Kier alpha value is -1.55. The van der Waals surface area contributed by atoms with Crippen molar-refractivity contribution >= 4 is 11.6 Å². The maximum atomic E-state index is 11.4. The van der Waals surface area contributed by atoms with Crippen LogP contribution in [0.5, 0.6) is 0 Å². The van der Waals surface area contributed by atoms with Crippen LogP contribution in [0.1, 0.15) is 17.3 Å². The summed E-state index contributed by atoms with van der Waals surface area (Å²) >= 11 is 0. The van der Waals surface area contributed by atoms with E-state index in [1.807, 2.05) is 0 Å². The maximum Gasteiger partial charge on any atom is 0.251 e. The van der Waals surface area contributed by atoms with Crippen molar-refractivity contribution < 1.29 is 9.90 Å². The Labute approximate surface area is 82.7 Å². The number of carbonyl (C=O) groups excluding carboxylic acids is 1. The van der Waals surface area contributed by atoms with Crippen LogP contribution in [0.25, 0.3) is 0 Å². The predicted molar refractivity (Wildman–Crippen MR) is 54.9 cm³/mol. The number of amides is 1. The molecular formula is C10H14N2O2. The molecule has 0 fully saturated rings. The second-order valence-corrected chi connectivity index (χ2v) is 3.18. The normalized spacial score (nSPS) is 12.1. The average molecular weight is 194 g/mol. The third-order valence-corrected chi connectivity index (χ3v) is 1.73. The molecule has 0 spiro atoms. The topological polar surface area (TPSA) is 75.3 Å². The van der Waals surface area contributed by atoms with Crippen molar-refractivity contribution in [2.45, 2.75) is 13.0 Å². The molecule has 1 aromatic rings. The lowest BCUT2D eigenvalue weighted by atomic mass is 10.2. The van der Waals surface area contributed by atoms with E-state index >= 15 is 0 Å². The zero-order valence-corrected chi connectivity index (χ0v) is 8.03. The molecular weight excluding hydrogens is 180 g/mol. The van der Waals surface area contributed by atoms with Crippen LogP contribution in [0.3, 0.4) is 0 Å². The number of nitrogen functional groups attached to an aromatic ring is 1. The summed E-state index contributed by atoms with van der Waals surface area (Å²) in [6.45, 7) is 1.87. The van der Waals surface area contributed by atoms with E-state index in [0.717, 1.165) is 0 Å². The molecule has 0 heterocycles. The van der Waals surface area contributed by atoms with E-state index < -0.39 is 6.10 Å². The van der Waals surface area contributed by atoms with Crippen LogP contribution in [-0.2, 0) is 0 Å². The van der Waals surface area contributed by atoms with Crippen molar-refractivity contribution in [3.8, 4) is 0 Å². The molecule has 0 bridgehead atoms. The molecule has 4 nitrogen and oxygen atoms in total. The number of rotatable bonds is 3. The number of carbonyl (C=O) groups is 1. The molecule has 0 radical (unpaired) electrons. The van der Waals surface area contributed by atoms with Crippen LogP contribution in [0.2, 0.25) is 0 Å². The maximum absolute atomic E-state index is 11.4. The van der Waals surface area contributed by atoms with E-state index in [2.05, 4.69) is 5.32 Å². The van der Waals surface area contributed by atoms with Crippen LogP contribution in [0, 0.1) is 0 Å². The number of benzene rings is 1. The first-order chi connectivity index (χ1) is 6.59. The minimum atomic E-state index is -0.535. The fourth-order valence-corrected chi connectivity index (χ4v) is 0.977. The van der Waals surface area contributed by atoms with Crippen LogP contribution in [-0.4, -0.2) is 23.7 Å². The number of anilines is 1. The molecule has 4 N–H and O–H groups in total. The molecule has 1 amide bonds. The number of aliphatic hydroxyl groups excluding tert-OH is 1. The van der Waals surface area contributed by atoms with Gasteiger partial charge in [-0.3, -0.25) is 4.79 Å². The highest BCUT2D eigenvalue weighted by Crippen LogP contribution is 2.04. The van der Waals surface area contributed by atoms with Crippen molar-refractivity contribution in [1.29, 1.82) is 0 Å². The summed E-state index contributed by atoms with van der Waals surface area (Å²) in [5.41, 5.74) is 6.64. The largest absolute Gasteiger partial charge is 0.399 e. The first-order valence-corrected chi connectivity index (χ1v) is 4.41. The molecule has 1 rings (SSSR count). The van der Waals surface area contributed by atoms with Gasteiger partial charge in [-0.2, -0.15) is 0 Å². The van der Waals surface area contributed by atoms with Gasteiger partial charge in [0, 0.05) is 17.8 Å². The van der Waals surface area contributed by atoms with Gasteiger partial charge in [-0.1, -0.05) is 0 Å². The summed E-state index contributed by atoms with van der Waals surface area (Å²) in [6, 6.07) is 6.62. The highest BCUT2D eigenvalue weighted by molar-refractivity contribution is 5.94. The number of hydrogen-bond donors (Lipinski definition) is 3. The van der Waals surface area contributed by atoms with Gasteiger partial charge >= 0.3 is 0 Å². The standard InChI is InChI=1S/C10H14N2O2/c1-7(13)6-12-10(14)8-2-4-9(11)5-3-8/h2-5,7,13H,6,11H2,1H3,(H,12,14)/t7-/m1/s1. The SMILES string of the molecule is C[C@@H](O)CNC(=O)c1ccc(N)cc1. The highest BCUT2D eigenvalue weighted by Gasteiger charge is 2.05. The lowest BCUT2D eigenvalue weighted by molar-refractivity contribution is 0.0924. The van der Waals surface area contributed by atoms with Gasteiger partial charge in [-0.15, -0.1) is 0 Å². The van der Waals surface area contributed by atoms with Crippen molar-refractivity contribution in [3.63, 3.8) is 0 Å². The van der Waals surface area contributed by atoms with E-state index in [1.165, 1.54) is 0 Å². The Bertz CT molecular complexity index is 306. The summed E-state index contributed by atoms with van der Waals surface area (Å²) in [5.74, 6) is -0.203. The third kappa shape index (κ3) is 3.06. The summed E-state index contributed by atoms with van der Waals surface area (Å²) in [6.07, 6.45) is -0.535. The van der Waals surface area contributed by atoms with Gasteiger partial charge in [-0.05, 0) is 31.2 Å². The average Bonchev–Trinajstić information content (AvgIpc) is 2.15. The lowest BCUT2D eigenvalue weighted by Gasteiger charge is -2.06. The van der Waals surface area contributed by atoms with Crippen molar-refractivity contribution in [1.82, 2.24) is 5.32 Å². The van der Waals surface area contributed by atoms with E-state index in [0.29, 0.717) is 11.3 Å². The van der Waals surface area contributed by atoms with Crippen LogP contribution < -0.4 is 11.1 Å². The summed E-state index contributed by atoms with van der Waals surface area (Å²) in [7, 11) is 0. The molecule has 1 atom stereocenters. The Balaban J connectivity index is 2.57. The second-order valence-electron chi connectivity index (χ2n) is 3.18. The highest BCUT2D eigenvalue weighted by atomic mass is 16.3. The molecule has 1 aromatic carbocycles. The van der Waals surface area contributed by atoms with Gasteiger partial charge < -0.3 is 16.2 Å². The number of nitrogens with two attached hydrogens (primary N) is 1. The number of hydrogen-bond acceptors (Lipinski definition) is 3. The monoisotopic (exact) mass is 194 g/mol. The van der Waals surface area contributed by atoms with Gasteiger partial charge in [0.05, 0.1) is 6.10 Å². The Morgan fingerprint density at radius 3 is 2.57 bits per heavy atom. The molecule has 0 saturated carbocycles. The lowest BCUT2D eigenvalue weighted by Crippen LogP contribution is -2.30. The van der Waals surface area contributed by atoms with E-state index in [9.17, 15) is 4.79 Å². The smallest absolute Gasteiger partial charge is 0.251 e. The fourth-order valence-electron chi connectivity index (χ4n) is 0.977. The predicted octanol–water partition coefficient (Wildman–Crippen LogP) is 0.379. The zero-order valence-electron chi connectivity index (χ0n) is 8.03. The fraction of sp³-hybridized carbons (Fsp3) is 0.300. The van der Waals surface area contributed by atoms with Crippen LogP contribution in [0.4, 0.5) is 5.69 Å². The zero-order chi connectivity index (χ0) is 10.6. The number of aliphatic hydroxyl groups is 1. The quantitative estimate of drug-likeness (QED) is 0.609. The molecule has 0 aromatic heterocycles. The van der Waals surface area contributed by atoms with Gasteiger partial charge in [0.2, 0.25) is 0 Å². The minimum absolute atomic E-state index is 0.203. The van der Waals surface area contributed by atoms with E-state index in [4.69, 9.17) is 10.8 Å². The first-order valence-electron chi connectivity index (χ1n) is 4.41. The Morgan fingerprint density at radius 2 is 2.07 bits per heavy atom. The third-order valence-electron chi connectivity index (χ3n) is 1.73. The molecule has 76 valence electrons. The molecule has 0 aliphatic heterocycles. The van der Waals surface area contributed by atoms with E-state index in [1.54, 1.807) is 31.2 Å². The van der Waals surface area contributed by atoms with Gasteiger partial charge in [0.25, 0.3) is 5.91 Å². The second kappa shape index (κ2) is 4.62. The van der Waals surface area contributed by atoms with Crippen molar-refractivity contribution in [2.75, 3.05) is 12.3 Å². The Kier molecular flexibility index (Phi) is 3.48. The molecule has 14 heavy (non-hydrogen) atoms. The van der Waals surface area contributed by atoms with E-state index in [-0.39, 0.29) is 12.5 Å². The molecule has 0 unspecified atom stereocenters. The minimum Gasteiger partial charge on any atom is -0.399 e. The van der Waals surface area contributed by atoms with Crippen LogP contribution >= 0.6 is 0 Å². The first kappa shape index (κ1) is 10.5. The summed E-state index contributed by atoms with van der Waals surface area (Å²) in [4.78, 5) is 11.4. The van der Waals surface area contributed by atoms with Gasteiger partial charge in [0.1, 0.15) is 0 Å². The molecule has 4 heteroatoms. The molecule has 0 saturated heterocycles. The molecule has 0 aliphatic carbocycles. The Morgan fingerprint density at radius 1 is 1.50 bits per heavy atom. The van der Waals surface area contributed by atoms with Gasteiger partial charge in [-0.25, -0.2) is 0 Å². The van der Waals surface area contributed by atoms with Crippen molar-refractivity contribution in [2.24, 2.45) is 0 Å².